The molecule has 0 heterocycles. The number of rotatable bonds is 7. The van der Waals surface area contributed by atoms with Crippen LogP contribution in [0, 0.1) is 5.92 Å². The molecule has 1 unspecified atom stereocenters. The SMILES string of the molecule is COC(C)(C)CCC(NN)C1(N(C)C)CCC(C)CC1. The summed E-state index contributed by atoms with van der Waals surface area (Å²) >= 11 is 0. The summed E-state index contributed by atoms with van der Waals surface area (Å²) in [6.07, 6.45) is 7.11. The smallest absolute Gasteiger partial charge is 0.0623 e. The minimum Gasteiger partial charge on any atom is -0.379 e. The molecule has 1 fully saturated rings. The maximum Gasteiger partial charge on any atom is 0.0623 e. The number of ether oxygens (including phenoxy) is 1. The second-order valence-corrected chi connectivity index (χ2v) is 7.40. The zero-order valence-corrected chi connectivity index (χ0v) is 14.3. The standard InChI is InChI=1S/C16H35N3O/c1-13-7-11-16(12-8-13,19(4)5)14(18-17)9-10-15(2,3)20-6/h13-14,18H,7-12,17H2,1-6H3. The summed E-state index contributed by atoms with van der Waals surface area (Å²) in [7, 11) is 6.18. The molecule has 20 heavy (non-hydrogen) atoms. The molecule has 1 atom stereocenters. The molecule has 1 rings (SSSR count). The molecule has 0 bridgehead atoms. The van der Waals surface area contributed by atoms with E-state index in [1.54, 1.807) is 7.11 Å². The molecule has 0 aromatic rings. The molecule has 1 saturated carbocycles. The van der Waals surface area contributed by atoms with Crippen molar-refractivity contribution in [3.8, 4) is 0 Å². The Morgan fingerprint density at radius 3 is 2.30 bits per heavy atom. The van der Waals surface area contributed by atoms with Gasteiger partial charge in [-0.2, -0.15) is 0 Å². The van der Waals surface area contributed by atoms with Crippen LogP contribution in [0.5, 0.6) is 0 Å². The highest BCUT2D eigenvalue weighted by Gasteiger charge is 2.42. The van der Waals surface area contributed by atoms with Gasteiger partial charge >= 0.3 is 0 Å². The van der Waals surface area contributed by atoms with Gasteiger partial charge in [-0.1, -0.05) is 6.92 Å². The number of nitrogens with zero attached hydrogens (tertiary/aromatic N) is 1. The maximum atomic E-state index is 5.91. The normalized spacial score (nSPS) is 29.7. The Morgan fingerprint density at radius 2 is 1.90 bits per heavy atom. The minimum absolute atomic E-state index is 0.0788. The van der Waals surface area contributed by atoms with Crippen LogP contribution in [0.3, 0.4) is 0 Å². The summed E-state index contributed by atoms with van der Waals surface area (Å²) in [6.45, 7) is 6.65. The van der Waals surface area contributed by atoms with Crippen molar-refractivity contribution >= 4 is 0 Å². The van der Waals surface area contributed by atoms with Gasteiger partial charge in [0.15, 0.2) is 0 Å². The predicted octanol–water partition coefficient (Wildman–Crippen LogP) is 2.53. The first-order chi connectivity index (χ1) is 9.27. The van der Waals surface area contributed by atoms with E-state index in [-0.39, 0.29) is 11.1 Å². The second-order valence-electron chi connectivity index (χ2n) is 7.40. The largest absolute Gasteiger partial charge is 0.379 e. The van der Waals surface area contributed by atoms with Crippen LogP contribution in [-0.2, 0) is 4.74 Å². The van der Waals surface area contributed by atoms with E-state index in [2.05, 4.69) is 45.2 Å². The lowest BCUT2D eigenvalue weighted by molar-refractivity contribution is -0.00471. The summed E-state index contributed by atoms with van der Waals surface area (Å²) in [4.78, 5) is 2.39. The number of nitrogens with two attached hydrogens (primary N) is 1. The fourth-order valence-corrected chi connectivity index (χ4v) is 3.47. The lowest BCUT2D eigenvalue weighted by Crippen LogP contribution is -2.62. The Hall–Kier alpha value is -0.160. The molecule has 0 saturated heterocycles. The van der Waals surface area contributed by atoms with E-state index in [9.17, 15) is 0 Å². The van der Waals surface area contributed by atoms with Gasteiger partial charge in [0.2, 0.25) is 0 Å². The van der Waals surface area contributed by atoms with Crippen molar-refractivity contribution in [3.63, 3.8) is 0 Å². The van der Waals surface area contributed by atoms with Crippen molar-refractivity contribution in [2.45, 2.75) is 76.5 Å². The van der Waals surface area contributed by atoms with Crippen molar-refractivity contribution in [1.29, 1.82) is 0 Å². The molecular weight excluding hydrogens is 250 g/mol. The van der Waals surface area contributed by atoms with Crippen LogP contribution < -0.4 is 11.3 Å². The Labute approximate surface area is 125 Å². The third-order valence-corrected chi connectivity index (χ3v) is 5.47. The third kappa shape index (κ3) is 4.17. The first-order valence-corrected chi connectivity index (χ1v) is 7.96. The Kier molecular flexibility index (Phi) is 6.45. The molecule has 1 aliphatic carbocycles. The van der Waals surface area contributed by atoms with Crippen LogP contribution in [0.1, 0.15) is 59.3 Å². The fraction of sp³-hybridized carbons (Fsp3) is 1.00. The minimum atomic E-state index is -0.0788. The van der Waals surface area contributed by atoms with Crippen molar-refractivity contribution < 1.29 is 4.74 Å². The van der Waals surface area contributed by atoms with E-state index in [1.165, 1.54) is 25.7 Å². The summed E-state index contributed by atoms with van der Waals surface area (Å²) in [5.41, 5.74) is 3.22. The quantitative estimate of drug-likeness (QED) is 0.557. The van der Waals surface area contributed by atoms with Crippen molar-refractivity contribution in [2.24, 2.45) is 11.8 Å². The van der Waals surface area contributed by atoms with Crippen LogP contribution >= 0.6 is 0 Å². The van der Waals surface area contributed by atoms with E-state index in [4.69, 9.17) is 10.6 Å². The number of nitrogens with one attached hydrogen (secondary N) is 1. The van der Waals surface area contributed by atoms with Crippen molar-refractivity contribution in [2.75, 3.05) is 21.2 Å². The monoisotopic (exact) mass is 285 g/mol. The molecule has 1 aliphatic rings. The average molecular weight is 285 g/mol. The molecule has 0 amide bonds. The lowest BCUT2D eigenvalue weighted by atomic mass is 9.70. The van der Waals surface area contributed by atoms with Crippen molar-refractivity contribution in [3.05, 3.63) is 0 Å². The zero-order chi connectivity index (χ0) is 15.4. The number of hydrazine groups is 1. The Bertz CT molecular complexity index is 283. The highest BCUT2D eigenvalue weighted by atomic mass is 16.5. The molecule has 4 heteroatoms. The van der Waals surface area contributed by atoms with Gasteiger partial charge in [-0.3, -0.25) is 11.3 Å². The third-order valence-electron chi connectivity index (χ3n) is 5.47. The van der Waals surface area contributed by atoms with Gasteiger partial charge in [-0.05, 0) is 72.4 Å². The van der Waals surface area contributed by atoms with Crippen LogP contribution in [0.15, 0.2) is 0 Å². The average Bonchev–Trinajstić information content (AvgIpc) is 2.41. The first kappa shape index (κ1) is 17.9. The van der Waals surface area contributed by atoms with Gasteiger partial charge in [0.05, 0.1) is 5.60 Å². The molecule has 120 valence electrons. The molecule has 4 nitrogen and oxygen atoms in total. The highest BCUT2D eigenvalue weighted by Crippen LogP contribution is 2.39. The van der Waals surface area contributed by atoms with Gasteiger partial charge in [-0.25, -0.2) is 0 Å². The second kappa shape index (κ2) is 7.21. The number of likely N-dealkylation sites (N-methyl/N-ethyl adjacent to an activating group) is 1. The molecular formula is C16H35N3O. The van der Waals surface area contributed by atoms with Gasteiger partial charge in [-0.15, -0.1) is 0 Å². The zero-order valence-electron chi connectivity index (χ0n) is 14.3. The molecule has 0 aliphatic heterocycles. The van der Waals surface area contributed by atoms with Gasteiger partial charge < -0.3 is 9.64 Å². The van der Waals surface area contributed by atoms with E-state index >= 15 is 0 Å². The van der Waals surface area contributed by atoms with Crippen LogP contribution in [0.4, 0.5) is 0 Å². The topological polar surface area (TPSA) is 50.5 Å². The number of hydrogen-bond acceptors (Lipinski definition) is 4. The fourth-order valence-electron chi connectivity index (χ4n) is 3.47. The van der Waals surface area contributed by atoms with E-state index in [0.29, 0.717) is 6.04 Å². The molecule has 0 aromatic carbocycles. The summed E-state index contributed by atoms with van der Waals surface area (Å²) < 4.78 is 5.55. The molecule has 3 N–H and O–H groups in total. The Balaban J connectivity index is 2.77. The van der Waals surface area contributed by atoms with Crippen LogP contribution in [0.2, 0.25) is 0 Å². The van der Waals surface area contributed by atoms with Crippen molar-refractivity contribution in [1.82, 2.24) is 10.3 Å². The van der Waals surface area contributed by atoms with E-state index < -0.39 is 0 Å². The van der Waals surface area contributed by atoms with E-state index in [0.717, 1.165) is 18.8 Å². The maximum absolute atomic E-state index is 5.91. The molecule has 0 radical (unpaired) electrons. The predicted molar refractivity (Wildman–Crippen MR) is 85.5 cm³/mol. The number of methoxy groups -OCH3 is 1. The first-order valence-electron chi connectivity index (χ1n) is 7.96. The summed E-state index contributed by atoms with van der Waals surface area (Å²) in [5.74, 6) is 6.76. The molecule has 0 aromatic heterocycles. The Morgan fingerprint density at radius 1 is 1.35 bits per heavy atom. The van der Waals surface area contributed by atoms with Crippen LogP contribution in [0.25, 0.3) is 0 Å². The highest BCUT2D eigenvalue weighted by molar-refractivity contribution is 5.01. The molecule has 0 spiro atoms. The van der Waals surface area contributed by atoms with Gasteiger partial charge in [0, 0.05) is 18.7 Å². The summed E-state index contributed by atoms with van der Waals surface area (Å²) in [5, 5.41) is 0. The van der Waals surface area contributed by atoms with Gasteiger partial charge in [0.1, 0.15) is 0 Å². The summed E-state index contributed by atoms with van der Waals surface area (Å²) in [6, 6.07) is 0.319. The van der Waals surface area contributed by atoms with Crippen LogP contribution in [-0.4, -0.2) is 43.3 Å². The number of hydrogen-bond donors (Lipinski definition) is 2. The van der Waals surface area contributed by atoms with E-state index in [1.807, 2.05) is 0 Å². The lowest BCUT2D eigenvalue weighted by Gasteiger charge is -2.50. The van der Waals surface area contributed by atoms with Gasteiger partial charge in [0.25, 0.3) is 0 Å².